The second-order valence-corrected chi connectivity index (χ2v) is 4.08. The molecular weight excluding hydrogens is 216 g/mol. The fourth-order valence-electron chi connectivity index (χ4n) is 2.05. The van der Waals surface area contributed by atoms with Gasteiger partial charge in [-0.25, -0.2) is 0 Å². The lowest BCUT2D eigenvalue weighted by Gasteiger charge is -2.14. The Bertz CT molecular complexity index is 574. The van der Waals surface area contributed by atoms with Gasteiger partial charge < -0.3 is 15.3 Å². The van der Waals surface area contributed by atoms with Crippen molar-refractivity contribution in [3.8, 4) is 28.4 Å². The highest BCUT2D eigenvalue weighted by Gasteiger charge is 2.15. The summed E-state index contributed by atoms with van der Waals surface area (Å²) >= 11 is 0. The van der Waals surface area contributed by atoms with Crippen LogP contribution in [0.5, 0.6) is 17.2 Å². The maximum absolute atomic E-state index is 9.83. The van der Waals surface area contributed by atoms with Crippen LogP contribution in [0.1, 0.15) is 11.1 Å². The van der Waals surface area contributed by atoms with Crippen LogP contribution in [0.3, 0.4) is 0 Å². The molecule has 0 bridgehead atoms. The topological polar surface area (TPSA) is 60.7 Å². The molecular formula is C14H14O3. The van der Waals surface area contributed by atoms with Crippen LogP contribution in [0, 0.1) is 13.8 Å². The molecule has 0 aliphatic heterocycles. The van der Waals surface area contributed by atoms with Crippen LogP contribution in [0.4, 0.5) is 0 Å². The Morgan fingerprint density at radius 2 is 1.53 bits per heavy atom. The molecule has 0 aromatic heterocycles. The van der Waals surface area contributed by atoms with Crippen LogP contribution in [0.25, 0.3) is 11.1 Å². The summed E-state index contributed by atoms with van der Waals surface area (Å²) in [6, 6.07) is 8.42. The molecule has 3 heteroatoms. The average Bonchev–Trinajstić information content (AvgIpc) is 2.29. The number of phenols is 3. The number of para-hydroxylation sites is 1. The zero-order chi connectivity index (χ0) is 12.6. The number of rotatable bonds is 1. The van der Waals surface area contributed by atoms with Crippen molar-refractivity contribution in [3.63, 3.8) is 0 Å². The third-order valence-corrected chi connectivity index (χ3v) is 2.89. The van der Waals surface area contributed by atoms with E-state index in [1.807, 2.05) is 13.0 Å². The third kappa shape index (κ3) is 1.80. The molecule has 17 heavy (non-hydrogen) atoms. The SMILES string of the molecule is Cc1cc(O)c(O)c(C)c1-c1ccccc1O. The van der Waals surface area contributed by atoms with Gasteiger partial charge in [-0.05, 0) is 37.1 Å². The molecule has 0 unspecified atom stereocenters. The van der Waals surface area contributed by atoms with Crippen molar-refractivity contribution in [1.82, 2.24) is 0 Å². The highest BCUT2D eigenvalue weighted by Crippen LogP contribution is 2.41. The molecule has 2 aromatic carbocycles. The van der Waals surface area contributed by atoms with Gasteiger partial charge >= 0.3 is 0 Å². The van der Waals surface area contributed by atoms with Crippen molar-refractivity contribution in [2.24, 2.45) is 0 Å². The largest absolute Gasteiger partial charge is 0.507 e. The minimum absolute atomic E-state index is 0.140. The van der Waals surface area contributed by atoms with Crippen molar-refractivity contribution in [1.29, 1.82) is 0 Å². The lowest BCUT2D eigenvalue weighted by atomic mass is 9.94. The smallest absolute Gasteiger partial charge is 0.161 e. The first-order valence-corrected chi connectivity index (χ1v) is 5.33. The highest BCUT2D eigenvalue weighted by molar-refractivity contribution is 5.79. The standard InChI is InChI=1S/C14H14O3/c1-8-7-12(16)14(17)9(2)13(8)10-5-3-4-6-11(10)15/h3-7,15-17H,1-2H3. The van der Waals surface area contributed by atoms with E-state index in [1.54, 1.807) is 25.1 Å². The van der Waals surface area contributed by atoms with Crippen molar-refractivity contribution in [2.75, 3.05) is 0 Å². The van der Waals surface area contributed by atoms with Crippen molar-refractivity contribution in [3.05, 3.63) is 41.5 Å². The lowest BCUT2D eigenvalue weighted by molar-refractivity contribution is 0.401. The summed E-state index contributed by atoms with van der Waals surface area (Å²) in [6.07, 6.45) is 0. The minimum atomic E-state index is -0.145. The highest BCUT2D eigenvalue weighted by atomic mass is 16.3. The Balaban J connectivity index is 2.77. The summed E-state index contributed by atoms with van der Waals surface area (Å²) in [5.41, 5.74) is 2.76. The molecule has 3 nitrogen and oxygen atoms in total. The zero-order valence-electron chi connectivity index (χ0n) is 9.73. The van der Waals surface area contributed by atoms with E-state index in [1.165, 1.54) is 6.07 Å². The molecule has 0 saturated heterocycles. The Hall–Kier alpha value is -2.16. The molecule has 0 radical (unpaired) electrons. The molecule has 0 atom stereocenters. The molecule has 0 saturated carbocycles. The summed E-state index contributed by atoms with van der Waals surface area (Å²) in [6.45, 7) is 3.54. The maximum Gasteiger partial charge on any atom is 0.161 e. The molecule has 0 aliphatic rings. The predicted octanol–water partition coefficient (Wildman–Crippen LogP) is 3.09. The van der Waals surface area contributed by atoms with E-state index < -0.39 is 0 Å². The summed E-state index contributed by atoms with van der Waals surface area (Å²) in [7, 11) is 0. The number of phenolic OH excluding ortho intramolecular Hbond substituents is 3. The monoisotopic (exact) mass is 230 g/mol. The van der Waals surface area contributed by atoms with E-state index >= 15 is 0 Å². The number of hydrogen-bond acceptors (Lipinski definition) is 3. The van der Waals surface area contributed by atoms with Gasteiger partial charge in [0, 0.05) is 11.1 Å². The third-order valence-electron chi connectivity index (χ3n) is 2.89. The molecule has 0 heterocycles. The van der Waals surface area contributed by atoms with Gasteiger partial charge in [0.15, 0.2) is 11.5 Å². The van der Waals surface area contributed by atoms with Crippen molar-refractivity contribution < 1.29 is 15.3 Å². The van der Waals surface area contributed by atoms with E-state index in [0.717, 1.165) is 11.1 Å². The zero-order valence-corrected chi connectivity index (χ0v) is 9.73. The molecule has 0 fully saturated rings. The second-order valence-electron chi connectivity index (χ2n) is 4.08. The molecule has 0 amide bonds. The normalized spacial score (nSPS) is 10.5. The van der Waals surface area contributed by atoms with Gasteiger partial charge in [-0.3, -0.25) is 0 Å². The number of benzene rings is 2. The van der Waals surface area contributed by atoms with Crippen LogP contribution >= 0.6 is 0 Å². The first kappa shape index (κ1) is 11.3. The van der Waals surface area contributed by atoms with Crippen molar-refractivity contribution >= 4 is 0 Å². The fraction of sp³-hybridized carbons (Fsp3) is 0.143. The van der Waals surface area contributed by atoms with E-state index in [2.05, 4.69) is 0 Å². The average molecular weight is 230 g/mol. The molecule has 0 spiro atoms. The van der Waals surface area contributed by atoms with Crippen LogP contribution < -0.4 is 0 Å². The molecule has 3 N–H and O–H groups in total. The summed E-state index contributed by atoms with van der Waals surface area (Å²) in [4.78, 5) is 0. The summed E-state index contributed by atoms with van der Waals surface area (Å²) in [5, 5.41) is 29.1. The lowest BCUT2D eigenvalue weighted by Crippen LogP contribution is -1.90. The van der Waals surface area contributed by atoms with Gasteiger partial charge in [0.2, 0.25) is 0 Å². The van der Waals surface area contributed by atoms with Gasteiger partial charge in [-0.15, -0.1) is 0 Å². The minimum Gasteiger partial charge on any atom is -0.507 e. The van der Waals surface area contributed by atoms with Crippen LogP contribution in [0.2, 0.25) is 0 Å². The van der Waals surface area contributed by atoms with Gasteiger partial charge in [-0.1, -0.05) is 18.2 Å². The number of aryl methyl sites for hydroxylation is 1. The van der Waals surface area contributed by atoms with Gasteiger partial charge in [0.1, 0.15) is 5.75 Å². The Morgan fingerprint density at radius 1 is 0.882 bits per heavy atom. The van der Waals surface area contributed by atoms with Crippen LogP contribution in [0.15, 0.2) is 30.3 Å². The molecule has 2 aromatic rings. The van der Waals surface area contributed by atoms with E-state index in [4.69, 9.17) is 0 Å². The predicted molar refractivity (Wildman–Crippen MR) is 66.3 cm³/mol. The van der Waals surface area contributed by atoms with E-state index in [9.17, 15) is 15.3 Å². The number of aromatic hydroxyl groups is 3. The maximum atomic E-state index is 9.83. The first-order chi connectivity index (χ1) is 8.02. The van der Waals surface area contributed by atoms with Gasteiger partial charge in [0.25, 0.3) is 0 Å². The molecule has 0 aliphatic carbocycles. The van der Waals surface area contributed by atoms with Crippen molar-refractivity contribution in [2.45, 2.75) is 13.8 Å². The van der Waals surface area contributed by atoms with E-state index in [-0.39, 0.29) is 17.2 Å². The van der Waals surface area contributed by atoms with Crippen LogP contribution in [-0.4, -0.2) is 15.3 Å². The Morgan fingerprint density at radius 3 is 2.18 bits per heavy atom. The molecule has 88 valence electrons. The number of hydrogen-bond donors (Lipinski definition) is 3. The first-order valence-electron chi connectivity index (χ1n) is 5.33. The summed E-state index contributed by atoms with van der Waals surface area (Å²) in [5.74, 6) is -0.128. The Labute approximate surface area is 99.6 Å². The van der Waals surface area contributed by atoms with Crippen LogP contribution in [-0.2, 0) is 0 Å². The van der Waals surface area contributed by atoms with Gasteiger partial charge in [0.05, 0.1) is 0 Å². The van der Waals surface area contributed by atoms with E-state index in [0.29, 0.717) is 11.1 Å². The molecule has 2 rings (SSSR count). The Kier molecular flexibility index (Phi) is 2.68. The fourth-order valence-corrected chi connectivity index (χ4v) is 2.05. The summed E-state index contributed by atoms with van der Waals surface area (Å²) < 4.78 is 0. The quantitative estimate of drug-likeness (QED) is 0.660. The van der Waals surface area contributed by atoms with Gasteiger partial charge in [-0.2, -0.15) is 0 Å². The second kappa shape index (κ2) is 4.01.